The third-order valence-corrected chi connectivity index (χ3v) is 4.50. The van der Waals surface area contributed by atoms with Crippen LogP contribution in [-0.4, -0.2) is 31.1 Å². The van der Waals surface area contributed by atoms with Crippen LogP contribution >= 0.6 is 11.3 Å². The number of carbonyl (C=O) groups excluding carboxylic acids is 1. The van der Waals surface area contributed by atoms with Crippen molar-refractivity contribution in [3.05, 3.63) is 52.4 Å². The monoisotopic (exact) mass is 314 g/mol. The van der Waals surface area contributed by atoms with E-state index in [0.29, 0.717) is 12.1 Å². The highest BCUT2D eigenvalue weighted by atomic mass is 32.1. The molecule has 0 aliphatic carbocycles. The molecular weight excluding hydrogens is 300 g/mol. The summed E-state index contributed by atoms with van der Waals surface area (Å²) in [7, 11) is 0. The number of carbonyl (C=O) groups is 1. The second kappa shape index (κ2) is 6.02. The topological polar surface area (TPSA) is 85.6 Å². The lowest BCUT2D eigenvalue weighted by atomic mass is 10.1. The molecule has 0 atom stereocenters. The van der Waals surface area contributed by atoms with Crippen LogP contribution in [0.4, 0.5) is 0 Å². The molecule has 0 aliphatic rings. The summed E-state index contributed by atoms with van der Waals surface area (Å²) in [4.78, 5) is 17.8. The SMILES string of the molecule is Cc1sc(-n2cnnn2)c(C(=O)NCc2ccccn2)c1C. The van der Waals surface area contributed by atoms with Gasteiger partial charge in [-0.25, -0.2) is 0 Å². The standard InChI is InChI=1S/C14H14N6OS/c1-9-10(2)22-14(20-8-17-18-19-20)12(9)13(21)16-7-11-5-3-4-6-15-11/h3-6,8H,7H2,1-2H3,(H,16,21). The largest absolute Gasteiger partial charge is 0.346 e. The zero-order chi connectivity index (χ0) is 15.5. The molecule has 0 spiro atoms. The smallest absolute Gasteiger partial charge is 0.254 e. The number of hydrogen-bond donors (Lipinski definition) is 1. The maximum Gasteiger partial charge on any atom is 0.254 e. The summed E-state index contributed by atoms with van der Waals surface area (Å²) in [6.45, 7) is 4.28. The molecule has 0 saturated carbocycles. The third-order valence-electron chi connectivity index (χ3n) is 3.31. The first-order valence-electron chi connectivity index (χ1n) is 6.68. The predicted molar refractivity (Wildman–Crippen MR) is 81.9 cm³/mol. The van der Waals surface area contributed by atoms with Crippen molar-refractivity contribution in [1.82, 2.24) is 30.5 Å². The van der Waals surface area contributed by atoms with Crippen molar-refractivity contribution >= 4 is 17.2 Å². The lowest BCUT2D eigenvalue weighted by Gasteiger charge is -2.06. The molecule has 0 aromatic carbocycles. The van der Waals surface area contributed by atoms with Crippen molar-refractivity contribution in [2.75, 3.05) is 0 Å². The molecule has 112 valence electrons. The van der Waals surface area contributed by atoms with E-state index in [4.69, 9.17) is 0 Å². The fourth-order valence-electron chi connectivity index (χ4n) is 2.05. The van der Waals surface area contributed by atoms with Crippen LogP contribution < -0.4 is 5.32 Å². The van der Waals surface area contributed by atoms with Gasteiger partial charge in [-0.3, -0.25) is 9.78 Å². The molecule has 3 aromatic rings. The lowest BCUT2D eigenvalue weighted by Crippen LogP contribution is -2.24. The highest BCUT2D eigenvalue weighted by Crippen LogP contribution is 2.30. The van der Waals surface area contributed by atoms with E-state index in [1.54, 1.807) is 6.20 Å². The molecule has 3 heterocycles. The van der Waals surface area contributed by atoms with Crippen molar-refractivity contribution in [2.24, 2.45) is 0 Å². The van der Waals surface area contributed by atoms with E-state index in [0.717, 1.165) is 21.1 Å². The number of nitrogens with zero attached hydrogens (tertiary/aromatic N) is 5. The Labute approximate surface area is 131 Å². The minimum Gasteiger partial charge on any atom is -0.346 e. The molecule has 22 heavy (non-hydrogen) atoms. The van der Waals surface area contributed by atoms with Crippen molar-refractivity contribution in [3.63, 3.8) is 0 Å². The molecule has 3 rings (SSSR count). The fraction of sp³-hybridized carbons (Fsp3) is 0.214. The van der Waals surface area contributed by atoms with E-state index in [2.05, 4.69) is 25.8 Å². The van der Waals surface area contributed by atoms with Gasteiger partial charge in [0.1, 0.15) is 11.3 Å². The molecule has 7 nitrogen and oxygen atoms in total. The third kappa shape index (κ3) is 2.73. The van der Waals surface area contributed by atoms with Gasteiger partial charge in [0, 0.05) is 11.1 Å². The zero-order valence-electron chi connectivity index (χ0n) is 12.1. The van der Waals surface area contributed by atoms with Crippen LogP contribution in [-0.2, 0) is 6.54 Å². The Hall–Kier alpha value is -2.61. The average Bonchev–Trinajstić information content (AvgIpc) is 3.15. The number of hydrogen-bond acceptors (Lipinski definition) is 6. The Balaban J connectivity index is 1.86. The summed E-state index contributed by atoms with van der Waals surface area (Å²) in [6.07, 6.45) is 3.19. The normalized spacial score (nSPS) is 10.6. The van der Waals surface area contributed by atoms with Crippen LogP contribution in [0.3, 0.4) is 0 Å². The lowest BCUT2D eigenvalue weighted by molar-refractivity contribution is 0.0950. The van der Waals surface area contributed by atoms with Crippen LogP contribution in [0.15, 0.2) is 30.7 Å². The molecule has 0 unspecified atom stereocenters. The van der Waals surface area contributed by atoms with Gasteiger partial charge in [0.15, 0.2) is 0 Å². The highest BCUT2D eigenvalue weighted by Gasteiger charge is 2.21. The van der Waals surface area contributed by atoms with Crippen molar-refractivity contribution < 1.29 is 4.79 Å². The summed E-state index contributed by atoms with van der Waals surface area (Å²) in [5.41, 5.74) is 2.35. The number of nitrogens with one attached hydrogen (secondary N) is 1. The molecule has 1 N–H and O–H groups in total. The van der Waals surface area contributed by atoms with Crippen LogP contribution in [0, 0.1) is 13.8 Å². The number of pyridine rings is 1. The van der Waals surface area contributed by atoms with Crippen LogP contribution in [0.1, 0.15) is 26.5 Å². The fourth-order valence-corrected chi connectivity index (χ4v) is 3.12. The number of rotatable bonds is 4. The molecule has 1 amide bonds. The van der Waals surface area contributed by atoms with Gasteiger partial charge in [-0.05, 0) is 42.0 Å². The molecule has 8 heteroatoms. The molecule has 0 fully saturated rings. The number of aryl methyl sites for hydroxylation is 1. The Morgan fingerprint density at radius 2 is 2.23 bits per heavy atom. The molecule has 0 radical (unpaired) electrons. The highest BCUT2D eigenvalue weighted by molar-refractivity contribution is 7.15. The Morgan fingerprint density at radius 1 is 1.36 bits per heavy atom. The first kappa shape index (κ1) is 14.3. The first-order valence-corrected chi connectivity index (χ1v) is 7.50. The van der Waals surface area contributed by atoms with Gasteiger partial charge in [0.05, 0.1) is 17.8 Å². The van der Waals surface area contributed by atoms with Crippen molar-refractivity contribution in [1.29, 1.82) is 0 Å². The Kier molecular flexibility index (Phi) is 3.92. The quantitative estimate of drug-likeness (QED) is 0.791. The summed E-state index contributed by atoms with van der Waals surface area (Å²) < 4.78 is 1.51. The van der Waals surface area contributed by atoms with Gasteiger partial charge in [0.25, 0.3) is 5.91 Å². The van der Waals surface area contributed by atoms with Gasteiger partial charge in [-0.1, -0.05) is 6.07 Å². The minimum atomic E-state index is -0.155. The second-order valence-corrected chi connectivity index (χ2v) is 5.92. The van der Waals surface area contributed by atoms with Crippen LogP contribution in [0.25, 0.3) is 5.00 Å². The van der Waals surface area contributed by atoms with E-state index in [-0.39, 0.29) is 5.91 Å². The predicted octanol–water partition coefficient (Wildman–Crippen LogP) is 1.67. The van der Waals surface area contributed by atoms with E-state index >= 15 is 0 Å². The average molecular weight is 314 g/mol. The van der Waals surface area contributed by atoms with E-state index < -0.39 is 0 Å². The molecule has 0 bridgehead atoms. The summed E-state index contributed by atoms with van der Waals surface area (Å²) in [5.74, 6) is -0.155. The van der Waals surface area contributed by atoms with Gasteiger partial charge in [0.2, 0.25) is 0 Å². The number of amides is 1. The summed E-state index contributed by atoms with van der Waals surface area (Å²) >= 11 is 1.49. The maximum atomic E-state index is 12.6. The van der Waals surface area contributed by atoms with E-state index in [1.165, 1.54) is 22.3 Å². The minimum absolute atomic E-state index is 0.155. The Bertz CT molecular complexity index is 781. The van der Waals surface area contributed by atoms with Gasteiger partial charge < -0.3 is 5.32 Å². The number of thiophene rings is 1. The van der Waals surface area contributed by atoms with Gasteiger partial charge in [-0.2, -0.15) is 4.68 Å². The van der Waals surface area contributed by atoms with Crippen LogP contribution in [0.2, 0.25) is 0 Å². The number of aromatic nitrogens is 5. The van der Waals surface area contributed by atoms with Crippen LogP contribution in [0.5, 0.6) is 0 Å². The summed E-state index contributed by atoms with van der Waals surface area (Å²) in [5, 5.41) is 14.7. The summed E-state index contributed by atoms with van der Waals surface area (Å²) in [6, 6.07) is 5.60. The second-order valence-electron chi connectivity index (χ2n) is 4.72. The zero-order valence-corrected chi connectivity index (χ0v) is 13.0. The van der Waals surface area contributed by atoms with Crippen molar-refractivity contribution in [3.8, 4) is 5.00 Å². The molecular formula is C14H14N6OS. The van der Waals surface area contributed by atoms with Gasteiger partial charge in [-0.15, -0.1) is 16.4 Å². The van der Waals surface area contributed by atoms with E-state index in [1.807, 2.05) is 32.0 Å². The molecule has 0 aliphatic heterocycles. The van der Waals surface area contributed by atoms with E-state index in [9.17, 15) is 4.79 Å². The van der Waals surface area contributed by atoms with Gasteiger partial charge >= 0.3 is 0 Å². The first-order chi connectivity index (χ1) is 10.7. The molecule has 3 aromatic heterocycles. The number of tetrazole rings is 1. The molecule has 0 saturated heterocycles. The maximum absolute atomic E-state index is 12.6. The Morgan fingerprint density at radius 3 is 2.91 bits per heavy atom. The van der Waals surface area contributed by atoms with Crippen molar-refractivity contribution in [2.45, 2.75) is 20.4 Å².